The van der Waals surface area contributed by atoms with Crippen molar-refractivity contribution in [3.63, 3.8) is 0 Å². The van der Waals surface area contributed by atoms with Crippen molar-refractivity contribution in [2.45, 2.75) is 43.5 Å². The molecule has 1 aromatic carbocycles. The highest BCUT2D eigenvalue weighted by atomic mass is 32.2. The van der Waals surface area contributed by atoms with Crippen LogP contribution in [-0.4, -0.2) is 17.5 Å². The van der Waals surface area contributed by atoms with Crippen LogP contribution in [-0.2, 0) is 6.54 Å². The summed E-state index contributed by atoms with van der Waals surface area (Å²) in [5.74, 6) is -0.975. The van der Waals surface area contributed by atoms with Crippen LogP contribution in [0, 0.1) is 11.6 Å². The quantitative estimate of drug-likeness (QED) is 0.895. The summed E-state index contributed by atoms with van der Waals surface area (Å²) < 4.78 is 26.2. The third kappa shape index (κ3) is 3.69. The number of hydrogen-bond acceptors (Lipinski definition) is 2. The van der Waals surface area contributed by atoms with E-state index in [1.165, 1.54) is 25.0 Å². The van der Waals surface area contributed by atoms with Crippen LogP contribution < -0.4 is 5.32 Å². The van der Waals surface area contributed by atoms with Crippen molar-refractivity contribution in [1.29, 1.82) is 0 Å². The lowest BCUT2D eigenvalue weighted by molar-refractivity contribution is 0.376. The van der Waals surface area contributed by atoms with E-state index < -0.39 is 11.6 Å². The van der Waals surface area contributed by atoms with E-state index >= 15 is 0 Å². The standard InChI is InChI=1S/C14H19F2NS/c1-18-13-6-4-12(5-7-13)17-9-10-2-3-11(15)8-14(10)16/h2-3,8,12-13,17H,4-7,9H2,1H3. The highest BCUT2D eigenvalue weighted by molar-refractivity contribution is 7.99. The Balaban J connectivity index is 1.81. The van der Waals surface area contributed by atoms with Gasteiger partial charge in [-0.15, -0.1) is 0 Å². The van der Waals surface area contributed by atoms with Crippen LogP contribution in [0.1, 0.15) is 31.2 Å². The number of thioether (sulfide) groups is 1. The third-order valence-electron chi connectivity index (χ3n) is 3.60. The molecule has 1 aliphatic rings. The molecule has 0 spiro atoms. The van der Waals surface area contributed by atoms with E-state index in [4.69, 9.17) is 0 Å². The summed E-state index contributed by atoms with van der Waals surface area (Å²) >= 11 is 1.94. The molecule has 1 fully saturated rings. The van der Waals surface area contributed by atoms with E-state index in [2.05, 4.69) is 11.6 Å². The molecule has 0 aliphatic heterocycles. The Bertz CT molecular complexity index is 389. The van der Waals surface area contributed by atoms with Gasteiger partial charge in [-0.1, -0.05) is 6.07 Å². The minimum atomic E-state index is -0.517. The van der Waals surface area contributed by atoms with Crippen molar-refractivity contribution >= 4 is 11.8 Å². The second-order valence-electron chi connectivity index (χ2n) is 4.83. The van der Waals surface area contributed by atoms with E-state index in [1.54, 1.807) is 0 Å². The van der Waals surface area contributed by atoms with Gasteiger partial charge in [-0.2, -0.15) is 11.8 Å². The lowest BCUT2D eigenvalue weighted by atomic mass is 9.95. The predicted molar refractivity (Wildman–Crippen MR) is 72.8 cm³/mol. The topological polar surface area (TPSA) is 12.0 Å². The zero-order valence-electron chi connectivity index (χ0n) is 10.6. The average Bonchev–Trinajstić information content (AvgIpc) is 2.38. The molecule has 0 saturated heterocycles. The molecule has 0 aromatic heterocycles. The van der Waals surface area contributed by atoms with Crippen LogP contribution in [0.4, 0.5) is 8.78 Å². The number of benzene rings is 1. The Kier molecular flexibility index (Phi) is 5.01. The molecule has 0 radical (unpaired) electrons. The maximum absolute atomic E-state index is 13.4. The smallest absolute Gasteiger partial charge is 0.130 e. The minimum absolute atomic E-state index is 0.458. The fraction of sp³-hybridized carbons (Fsp3) is 0.571. The van der Waals surface area contributed by atoms with Gasteiger partial charge in [0, 0.05) is 29.5 Å². The normalized spacial score (nSPS) is 24.2. The van der Waals surface area contributed by atoms with Gasteiger partial charge < -0.3 is 5.32 Å². The van der Waals surface area contributed by atoms with Gasteiger partial charge in [0.05, 0.1) is 0 Å². The second kappa shape index (κ2) is 6.53. The van der Waals surface area contributed by atoms with Crippen LogP contribution in [0.5, 0.6) is 0 Å². The molecular formula is C14H19F2NS. The summed E-state index contributed by atoms with van der Waals surface area (Å²) in [7, 11) is 0. The van der Waals surface area contributed by atoms with Crippen LogP contribution in [0.3, 0.4) is 0 Å². The Hall–Kier alpha value is -0.610. The first kappa shape index (κ1) is 13.8. The highest BCUT2D eigenvalue weighted by Gasteiger charge is 2.20. The Morgan fingerprint density at radius 3 is 2.56 bits per heavy atom. The van der Waals surface area contributed by atoms with Crippen molar-refractivity contribution in [3.8, 4) is 0 Å². The van der Waals surface area contributed by atoms with E-state index in [1.807, 2.05) is 11.8 Å². The summed E-state index contributed by atoms with van der Waals surface area (Å²) in [4.78, 5) is 0. The lowest BCUT2D eigenvalue weighted by Crippen LogP contribution is -2.33. The Morgan fingerprint density at radius 1 is 1.22 bits per heavy atom. The van der Waals surface area contributed by atoms with Crippen molar-refractivity contribution < 1.29 is 8.78 Å². The molecule has 1 N–H and O–H groups in total. The van der Waals surface area contributed by atoms with E-state index in [0.717, 1.165) is 24.2 Å². The van der Waals surface area contributed by atoms with Crippen molar-refractivity contribution in [3.05, 3.63) is 35.4 Å². The molecule has 1 aromatic rings. The summed E-state index contributed by atoms with van der Waals surface area (Å²) in [6, 6.07) is 4.25. The first-order valence-corrected chi connectivity index (χ1v) is 7.68. The molecule has 0 heterocycles. The number of hydrogen-bond donors (Lipinski definition) is 1. The molecule has 0 unspecified atom stereocenters. The minimum Gasteiger partial charge on any atom is -0.310 e. The lowest BCUT2D eigenvalue weighted by Gasteiger charge is -2.28. The van der Waals surface area contributed by atoms with E-state index in [9.17, 15) is 8.78 Å². The molecule has 100 valence electrons. The van der Waals surface area contributed by atoms with Gasteiger partial charge in [-0.25, -0.2) is 8.78 Å². The van der Waals surface area contributed by atoms with Gasteiger partial charge in [-0.3, -0.25) is 0 Å². The summed E-state index contributed by atoms with van der Waals surface area (Å²) in [6.07, 6.45) is 6.91. The maximum atomic E-state index is 13.4. The van der Waals surface area contributed by atoms with Gasteiger partial charge in [0.15, 0.2) is 0 Å². The fourth-order valence-corrected chi connectivity index (χ4v) is 3.17. The van der Waals surface area contributed by atoms with Crippen LogP contribution >= 0.6 is 11.8 Å². The number of halogens is 2. The molecule has 0 atom stereocenters. The van der Waals surface area contributed by atoms with E-state index in [0.29, 0.717) is 18.2 Å². The van der Waals surface area contributed by atoms with Crippen molar-refractivity contribution in [1.82, 2.24) is 5.32 Å². The van der Waals surface area contributed by atoms with Crippen LogP contribution in [0.25, 0.3) is 0 Å². The van der Waals surface area contributed by atoms with Gasteiger partial charge in [0.25, 0.3) is 0 Å². The maximum Gasteiger partial charge on any atom is 0.130 e. The highest BCUT2D eigenvalue weighted by Crippen LogP contribution is 2.27. The summed E-state index contributed by atoms with van der Waals surface area (Å²) in [5.41, 5.74) is 0.545. The molecule has 1 saturated carbocycles. The van der Waals surface area contributed by atoms with Crippen molar-refractivity contribution in [2.24, 2.45) is 0 Å². The second-order valence-corrected chi connectivity index (χ2v) is 5.96. The monoisotopic (exact) mass is 271 g/mol. The van der Waals surface area contributed by atoms with Crippen LogP contribution in [0.2, 0.25) is 0 Å². The molecule has 2 rings (SSSR count). The molecule has 1 nitrogen and oxygen atoms in total. The van der Waals surface area contributed by atoms with Crippen LogP contribution in [0.15, 0.2) is 18.2 Å². The van der Waals surface area contributed by atoms with Gasteiger partial charge in [0.1, 0.15) is 11.6 Å². The van der Waals surface area contributed by atoms with Gasteiger partial charge >= 0.3 is 0 Å². The first-order valence-electron chi connectivity index (χ1n) is 6.39. The molecule has 4 heteroatoms. The Morgan fingerprint density at radius 2 is 1.94 bits per heavy atom. The first-order chi connectivity index (χ1) is 8.69. The van der Waals surface area contributed by atoms with E-state index in [-0.39, 0.29) is 0 Å². The molecule has 1 aliphatic carbocycles. The largest absolute Gasteiger partial charge is 0.310 e. The molecule has 0 bridgehead atoms. The average molecular weight is 271 g/mol. The number of nitrogens with one attached hydrogen (secondary N) is 1. The predicted octanol–water partition coefficient (Wildman–Crippen LogP) is 3.73. The summed E-state index contributed by atoms with van der Waals surface area (Å²) in [5, 5.41) is 4.15. The Labute approximate surface area is 111 Å². The molecule has 18 heavy (non-hydrogen) atoms. The third-order valence-corrected chi connectivity index (χ3v) is 4.74. The number of rotatable bonds is 4. The summed E-state index contributed by atoms with van der Waals surface area (Å²) in [6.45, 7) is 0.487. The van der Waals surface area contributed by atoms with Gasteiger partial charge in [0.2, 0.25) is 0 Å². The zero-order valence-corrected chi connectivity index (χ0v) is 11.4. The molecular weight excluding hydrogens is 252 g/mol. The molecule has 0 amide bonds. The van der Waals surface area contributed by atoms with Crippen molar-refractivity contribution in [2.75, 3.05) is 6.26 Å². The fourth-order valence-electron chi connectivity index (χ4n) is 2.42. The SMILES string of the molecule is CSC1CCC(NCc2ccc(F)cc2F)CC1. The zero-order chi connectivity index (χ0) is 13.0. The van der Waals surface area contributed by atoms with Gasteiger partial charge in [-0.05, 0) is 38.0 Å².